The quantitative estimate of drug-likeness (QED) is 0.705. The maximum atomic E-state index is 11.6. The standard InChI is InChI=1S/C12H14N2O6S/c1-6-5-21-10(11(18)20-2)9(6)14-12(19)13-7(15)3-4-8(16)17/h5H,3-4H2,1-2H3,(H,16,17)(H2,13,14,15,19). The van der Waals surface area contributed by atoms with E-state index < -0.39 is 23.9 Å². The second-order valence-corrected chi connectivity index (χ2v) is 4.89. The van der Waals surface area contributed by atoms with Crippen LogP contribution in [-0.2, 0) is 14.3 Å². The fourth-order valence-electron chi connectivity index (χ4n) is 1.40. The van der Waals surface area contributed by atoms with Crippen molar-refractivity contribution >= 4 is 40.9 Å². The first-order chi connectivity index (χ1) is 9.85. The summed E-state index contributed by atoms with van der Waals surface area (Å²) in [7, 11) is 1.22. The number of amides is 3. The highest BCUT2D eigenvalue weighted by atomic mass is 32.1. The highest BCUT2D eigenvalue weighted by Crippen LogP contribution is 2.28. The predicted molar refractivity (Wildman–Crippen MR) is 74.4 cm³/mol. The van der Waals surface area contributed by atoms with Gasteiger partial charge >= 0.3 is 18.0 Å². The second kappa shape index (κ2) is 7.39. The summed E-state index contributed by atoms with van der Waals surface area (Å²) in [5.74, 6) is -2.45. The van der Waals surface area contributed by atoms with Crippen LogP contribution < -0.4 is 10.6 Å². The lowest BCUT2D eigenvalue weighted by Gasteiger charge is -2.08. The van der Waals surface area contributed by atoms with Gasteiger partial charge in [0, 0.05) is 6.42 Å². The molecule has 0 aliphatic carbocycles. The van der Waals surface area contributed by atoms with Crippen LogP contribution in [0.2, 0.25) is 0 Å². The SMILES string of the molecule is COC(=O)c1scc(C)c1NC(=O)NC(=O)CCC(=O)O. The van der Waals surface area contributed by atoms with Crippen LogP contribution in [0, 0.1) is 6.92 Å². The van der Waals surface area contributed by atoms with Gasteiger partial charge in [0.2, 0.25) is 5.91 Å². The van der Waals surface area contributed by atoms with E-state index in [-0.39, 0.29) is 23.4 Å². The van der Waals surface area contributed by atoms with Crippen LogP contribution in [0.4, 0.5) is 10.5 Å². The molecule has 0 saturated carbocycles. The molecule has 1 aromatic heterocycles. The van der Waals surface area contributed by atoms with Crippen molar-refractivity contribution < 1.29 is 29.0 Å². The Morgan fingerprint density at radius 3 is 2.52 bits per heavy atom. The molecule has 8 nitrogen and oxygen atoms in total. The molecule has 0 aromatic carbocycles. The average molecular weight is 314 g/mol. The number of imide groups is 1. The Morgan fingerprint density at radius 1 is 1.29 bits per heavy atom. The fourth-order valence-corrected chi connectivity index (χ4v) is 2.32. The smallest absolute Gasteiger partial charge is 0.350 e. The van der Waals surface area contributed by atoms with Gasteiger partial charge in [-0.1, -0.05) is 0 Å². The van der Waals surface area contributed by atoms with E-state index in [0.717, 1.165) is 11.3 Å². The van der Waals surface area contributed by atoms with Crippen molar-refractivity contribution in [2.75, 3.05) is 12.4 Å². The Kier molecular flexibility index (Phi) is 5.85. The van der Waals surface area contributed by atoms with E-state index in [1.54, 1.807) is 12.3 Å². The minimum Gasteiger partial charge on any atom is -0.481 e. The van der Waals surface area contributed by atoms with E-state index in [9.17, 15) is 19.2 Å². The molecule has 0 fully saturated rings. The lowest BCUT2D eigenvalue weighted by atomic mass is 10.2. The molecule has 0 atom stereocenters. The third-order valence-electron chi connectivity index (χ3n) is 2.40. The number of rotatable bonds is 5. The highest BCUT2D eigenvalue weighted by Gasteiger charge is 2.19. The van der Waals surface area contributed by atoms with Gasteiger partial charge < -0.3 is 15.2 Å². The minimum atomic E-state index is -1.13. The number of urea groups is 1. The van der Waals surface area contributed by atoms with Crippen LogP contribution in [0.1, 0.15) is 28.1 Å². The molecule has 9 heteroatoms. The molecule has 3 N–H and O–H groups in total. The number of thiophene rings is 1. The van der Waals surface area contributed by atoms with Gasteiger partial charge in [0.15, 0.2) is 0 Å². The number of methoxy groups -OCH3 is 1. The summed E-state index contributed by atoms with van der Waals surface area (Å²) in [4.78, 5) is 45.0. The second-order valence-electron chi connectivity index (χ2n) is 4.01. The van der Waals surface area contributed by atoms with Crippen molar-refractivity contribution in [1.29, 1.82) is 0 Å². The first-order valence-corrected chi connectivity index (χ1v) is 6.72. The van der Waals surface area contributed by atoms with E-state index in [2.05, 4.69) is 10.1 Å². The van der Waals surface area contributed by atoms with Gasteiger partial charge in [-0.25, -0.2) is 9.59 Å². The van der Waals surface area contributed by atoms with Crippen LogP contribution in [0.5, 0.6) is 0 Å². The summed E-state index contributed by atoms with van der Waals surface area (Å²) in [6.07, 6.45) is -0.681. The molecule has 0 radical (unpaired) electrons. The van der Waals surface area contributed by atoms with E-state index in [0.29, 0.717) is 5.56 Å². The molecule has 0 aliphatic heterocycles. The zero-order chi connectivity index (χ0) is 16.0. The fraction of sp³-hybridized carbons (Fsp3) is 0.333. The summed E-state index contributed by atoms with van der Waals surface area (Å²) in [5.41, 5.74) is 0.906. The number of carbonyl (C=O) groups is 4. The molecule has 0 saturated heterocycles. The summed E-state index contributed by atoms with van der Waals surface area (Å²) < 4.78 is 4.59. The van der Waals surface area contributed by atoms with Gasteiger partial charge in [0.1, 0.15) is 4.88 Å². The maximum absolute atomic E-state index is 11.6. The molecule has 3 amide bonds. The topological polar surface area (TPSA) is 122 Å². The normalized spacial score (nSPS) is 9.81. The molecule has 0 aliphatic rings. The number of hydrogen-bond acceptors (Lipinski definition) is 6. The number of aryl methyl sites for hydroxylation is 1. The number of anilines is 1. The number of aliphatic carboxylic acids is 1. The van der Waals surface area contributed by atoms with Gasteiger partial charge in [0.05, 0.1) is 19.2 Å². The van der Waals surface area contributed by atoms with Crippen molar-refractivity contribution in [3.8, 4) is 0 Å². The molecule has 1 heterocycles. The number of nitrogens with one attached hydrogen (secondary N) is 2. The zero-order valence-corrected chi connectivity index (χ0v) is 12.2. The molecule has 1 aromatic rings. The molecule has 0 bridgehead atoms. The van der Waals surface area contributed by atoms with Crippen molar-refractivity contribution in [2.45, 2.75) is 19.8 Å². The summed E-state index contributed by atoms with van der Waals surface area (Å²) in [6, 6.07) is -0.836. The molecule has 0 spiro atoms. The highest BCUT2D eigenvalue weighted by molar-refractivity contribution is 7.12. The number of carboxylic acids is 1. The monoisotopic (exact) mass is 314 g/mol. The van der Waals surface area contributed by atoms with Gasteiger partial charge in [-0.05, 0) is 17.9 Å². The van der Waals surface area contributed by atoms with Crippen molar-refractivity contribution in [1.82, 2.24) is 5.32 Å². The molecular formula is C12H14N2O6S. The Hall–Kier alpha value is -2.42. The Labute approximate surface area is 124 Å². The van der Waals surface area contributed by atoms with Crippen LogP contribution in [0.15, 0.2) is 5.38 Å². The minimum absolute atomic E-state index is 0.211. The molecule has 0 unspecified atom stereocenters. The number of hydrogen-bond donors (Lipinski definition) is 3. The van der Waals surface area contributed by atoms with Crippen LogP contribution in [-0.4, -0.2) is 36.1 Å². The third kappa shape index (κ3) is 4.88. The number of carboxylic acid groups (broad SMARTS) is 1. The zero-order valence-electron chi connectivity index (χ0n) is 11.4. The third-order valence-corrected chi connectivity index (χ3v) is 3.48. The van der Waals surface area contributed by atoms with Crippen LogP contribution in [0.25, 0.3) is 0 Å². The van der Waals surface area contributed by atoms with Gasteiger partial charge in [0.25, 0.3) is 0 Å². The molecule has 21 heavy (non-hydrogen) atoms. The lowest BCUT2D eigenvalue weighted by Crippen LogP contribution is -2.34. The molecule has 114 valence electrons. The molecular weight excluding hydrogens is 300 g/mol. The van der Waals surface area contributed by atoms with E-state index in [4.69, 9.17) is 5.11 Å². The van der Waals surface area contributed by atoms with Crippen molar-refractivity contribution in [3.05, 3.63) is 15.8 Å². The van der Waals surface area contributed by atoms with Crippen LogP contribution >= 0.6 is 11.3 Å². The predicted octanol–water partition coefficient (Wildman–Crippen LogP) is 1.36. The average Bonchev–Trinajstić information content (AvgIpc) is 2.77. The Morgan fingerprint density at radius 2 is 1.95 bits per heavy atom. The number of ether oxygens (including phenoxy) is 1. The van der Waals surface area contributed by atoms with Gasteiger partial charge in [-0.2, -0.15) is 0 Å². The van der Waals surface area contributed by atoms with Gasteiger partial charge in [-0.15, -0.1) is 11.3 Å². The summed E-state index contributed by atoms with van der Waals surface area (Å²) >= 11 is 1.10. The summed E-state index contributed by atoms with van der Waals surface area (Å²) in [5, 5.41) is 14.5. The molecule has 1 rings (SSSR count). The summed E-state index contributed by atoms with van der Waals surface area (Å²) in [6.45, 7) is 1.69. The first-order valence-electron chi connectivity index (χ1n) is 5.84. The van der Waals surface area contributed by atoms with Crippen molar-refractivity contribution in [2.24, 2.45) is 0 Å². The number of esters is 1. The largest absolute Gasteiger partial charge is 0.481 e. The van der Waals surface area contributed by atoms with E-state index >= 15 is 0 Å². The Balaban J connectivity index is 2.67. The van der Waals surface area contributed by atoms with E-state index in [1.807, 2.05) is 5.32 Å². The maximum Gasteiger partial charge on any atom is 0.350 e. The number of carbonyl (C=O) groups excluding carboxylic acids is 3. The Bertz CT molecular complexity index is 580. The first kappa shape index (κ1) is 16.6. The van der Waals surface area contributed by atoms with Crippen molar-refractivity contribution in [3.63, 3.8) is 0 Å². The van der Waals surface area contributed by atoms with E-state index in [1.165, 1.54) is 7.11 Å². The van der Waals surface area contributed by atoms with Crippen LogP contribution in [0.3, 0.4) is 0 Å². The lowest BCUT2D eigenvalue weighted by molar-refractivity contribution is -0.138. The van der Waals surface area contributed by atoms with Gasteiger partial charge in [-0.3, -0.25) is 14.9 Å².